The van der Waals surface area contributed by atoms with Crippen LogP contribution < -0.4 is 5.73 Å². The van der Waals surface area contributed by atoms with Crippen LogP contribution in [0.3, 0.4) is 0 Å². The largest absolute Gasteiger partial charge is 0.383 e. The van der Waals surface area contributed by atoms with E-state index in [0.717, 1.165) is 17.7 Å². The maximum atomic E-state index is 13.2. The average molecular weight is 249 g/mol. The highest BCUT2D eigenvalue weighted by Crippen LogP contribution is 2.30. The minimum atomic E-state index is -0.903. The number of nitrogens with two attached hydrogens (primary N) is 1. The third-order valence-electron chi connectivity index (χ3n) is 2.69. The summed E-state index contributed by atoms with van der Waals surface area (Å²) in [7, 11) is 0. The van der Waals surface area contributed by atoms with E-state index in [0.29, 0.717) is 17.1 Å². The number of benzene rings is 1. The van der Waals surface area contributed by atoms with Gasteiger partial charge in [-0.3, -0.25) is 0 Å². The summed E-state index contributed by atoms with van der Waals surface area (Å²) in [5, 5.41) is 0. The molecule has 0 aliphatic rings. The minimum absolute atomic E-state index is 0.0920. The molecule has 0 atom stereocenters. The van der Waals surface area contributed by atoms with Crippen molar-refractivity contribution >= 4 is 5.82 Å². The summed E-state index contributed by atoms with van der Waals surface area (Å²) in [5.41, 5.74) is 7.58. The highest BCUT2D eigenvalue weighted by atomic mass is 19.2. The van der Waals surface area contributed by atoms with Crippen LogP contribution in [0.25, 0.3) is 11.3 Å². The van der Waals surface area contributed by atoms with Gasteiger partial charge in [-0.25, -0.2) is 18.7 Å². The molecule has 0 aliphatic carbocycles. The fourth-order valence-electron chi connectivity index (χ4n) is 1.85. The van der Waals surface area contributed by atoms with E-state index in [1.54, 1.807) is 0 Å². The molecule has 2 N–H and O–H groups in total. The molecular formula is C13H13F2N3. The van der Waals surface area contributed by atoms with Crippen LogP contribution in [0, 0.1) is 11.6 Å². The molecule has 0 spiro atoms. The van der Waals surface area contributed by atoms with Crippen molar-refractivity contribution in [3.63, 3.8) is 0 Å². The third-order valence-corrected chi connectivity index (χ3v) is 2.69. The second-order valence-electron chi connectivity index (χ2n) is 4.30. The highest BCUT2D eigenvalue weighted by molar-refractivity contribution is 5.68. The van der Waals surface area contributed by atoms with E-state index in [9.17, 15) is 8.78 Å². The summed E-state index contributed by atoms with van der Waals surface area (Å²) in [5.74, 6) is -1.33. The summed E-state index contributed by atoms with van der Waals surface area (Å²) >= 11 is 0. The van der Waals surface area contributed by atoms with E-state index in [-0.39, 0.29) is 5.92 Å². The fourth-order valence-corrected chi connectivity index (χ4v) is 1.85. The number of rotatable bonds is 2. The van der Waals surface area contributed by atoms with Crippen molar-refractivity contribution in [2.75, 3.05) is 5.73 Å². The average Bonchev–Trinajstić information content (AvgIpc) is 2.32. The maximum absolute atomic E-state index is 13.2. The molecule has 0 fully saturated rings. The third kappa shape index (κ3) is 2.16. The van der Waals surface area contributed by atoms with Crippen LogP contribution in [0.1, 0.15) is 25.3 Å². The van der Waals surface area contributed by atoms with Crippen molar-refractivity contribution in [2.24, 2.45) is 0 Å². The molecular weight excluding hydrogens is 236 g/mol. The van der Waals surface area contributed by atoms with Crippen molar-refractivity contribution in [2.45, 2.75) is 19.8 Å². The summed E-state index contributed by atoms with van der Waals surface area (Å²) in [6.07, 6.45) is 1.32. The molecule has 5 heteroatoms. The van der Waals surface area contributed by atoms with E-state index < -0.39 is 11.6 Å². The Hall–Kier alpha value is -2.04. The number of nitrogens with zero attached hydrogens (tertiary/aromatic N) is 2. The van der Waals surface area contributed by atoms with Crippen LogP contribution >= 0.6 is 0 Å². The normalized spacial score (nSPS) is 10.9. The topological polar surface area (TPSA) is 51.8 Å². The molecule has 3 nitrogen and oxygen atoms in total. The number of halogens is 2. The van der Waals surface area contributed by atoms with Gasteiger partial charge < -0.3 is 5.73 Å². The summed E-state index contributed by atoms with van der Waals surface area (Å²) in [4.78, 5) is 8.05. The number of nitrogen functional groups attached to an aromatic ring is 1. The van der Waals surface area contributed by atoms with Crippen LogP contribution in [0.2, 0.25) is 0 Å². The van der Waals surface area contributed by atoms with Gasteiger partial charge in [0.15, 0.2) is 11.6 Å². The summed E-state index contributed by atoms with van der Waals surface area (Å²) < 4.78 is 26.2. The molecule has 0 radical (unpaired) electrons. The monoisotopic (exact) mass is 249 g/mol. The Morgan fingerprint density at radius 3 is 2.44 bits per heavy atom. The molecule has 2 rings (SSSR count). The molecule has 0 amide bonds. The van der Waals surface area contributed by atoms with E-state index in [1.807, 2.05) is 13.8 Å². The lowest BCUT2D eigenvalue weighted by Crippen LogP contribution is -2.04. The van der Waals surface area contributed by atoms with Gasteiger partial charge in [-0.15, -0.1) is 0 Å². The second kappa shape index (κ2) is 4.68. The molecule has 0 saturated carbocycles. The first-order valence-corrected chi connectivity index (χ1v) is 5.56. The Kier molecular flexibility index (Phi) is 3.23. The molecule has 1 aromatic heterocycles. The Morgan fingerprint density at radius 2 is 1.83 bits per heavy atom. The molecule has 94 valence electrons. The number of anilines is 1. The quantitative estimate of drug-likeness (QED) is 0.889. The molecule has 1 heterocycles. The first kappa shape index (κ1) is 12.4. The minimum Gasteiger partial charge on any atom is -0.383 e. The van der Waals surface area contributed by atoms with E-state index in [1.165, 1.54) is 12.4 Å². The highest BCUT2D eigenvalue weighted by Gasteiger charge is 2.15. The van der Waals surface area contributed by atoms with Gasteiger partial charge in [0.1, 0.15) is 12.1 Å². The number of hydrogen-bond donors (Lipinski definition) is 1. The molecule has 18 heavy (non-hydrogen) atoms. The van der Waals surface area contributed by atoms with Crippen molar-refractivity contribution in [1.29, 1.82) is 0 Å². The van der Waals surface area contributed by atoms with Crippen LogP contribution in [0.5, 0.6) is 0 Å². The Labute approximate surface area is 104 Å². The van der Waals surface area contributed by atoms with Crippen molar-refractivity contribution in [3.05, 3.63) is 41.7 Å². The van der Waals surface area contributed by atoms with E-state index in [4.69, 9.17) is 5.73 Å². The van der Waals surface area contributed by atoms with Gasteiger partial charge in [0, 0.05) is 11.1 Å². The van der Waals surface area contributed by atoms with Gasteiger partial charge in [0.2, 0.25) is 0 Å². The van der Waals surface area contributed by atoms with Gasteiger partial charge in [0.25, 0.3) is 0 Å². The molecule has 2 aromatic rings. The smallest absolute Gasteiger partial charge is 0.159 e. The number of aromatic nitrogens is 2. The molecule has 0 saturated heterocycles. The predicted octanol–water partition coefficient (Wildman–Crippen LogP) is 3.13. The van der Waals surface area contributed by atoms with Gasteiger partial charge in [-0.1, -0.05) is 13.8 Å². The Bertz CT molecular complexity index is 582. The zero-order chi connectivity index (χ0) is 13.3. The zero-order valence-electron chi connectivity index (χ0n) is 10.1. The summed E-state index contributed by atoms with van der Waals surface area (Å²) in [6, 6.07) is 3.67. The zero-order valence-corrected chi connectivity index (χ0v) is 10.1. The Balaban J connectivity index is 2.63. The van der Waals surface area contributed by atoms with Gasteiger partial charge in [-0.05, 0) is 24.1 Å². The van der Waals surface area contributed by atoms with Crippen molar-refractivity contribution in [1.82, 2.24) is 9.97 Å². The van der Waals surface area contributed by atoms with Gasteiger partial charge in [-0.2, -0.15) is 0 Å². The van der Waals surface area contributed by atoms with Crippen molar-refractivity contribution < 1.29 is 8.78 Å². The molecule has 0 unspecified atom stereocenters. The molecule has 0 bridgehead atoms. The van der Waals surface area contributed by atoms with E-state index >= 15 is 0 Å². The van der Waals surface area contributed by atoms with Crippen LogP contribution in [0.15, 0.2) is 24.5 Å². The maximum Gasteiger partial charge on any atom is 0.159 e. The lowest BCUT2D eigenvalue weighted by atomic mass is 9.97. The Morgan fingerprint density at radius 1 is 1.11 bits per heavy atom. The van der Waals surface area contributed by atoms with Gasteiger partial charge in [0.05, 0.1) is 5.69 Å². The van der Waals surface area contributed by atoms with Crippen LogP contribution in [-0.2, 0) is 0 Å². The van der Waals surface area contributed by atoms with Crippen LogP contribution in [0.4, 0.5) is 14.6 Å². The van der Waals surface area contributed by atoms with Gasteiger partial charge >= 0.3 is 0 Å². The number of hydrogen-bond acceptors (Lipinski definition) is 3. The first-order valence-electron chi connectivity index (χ1n) is 5.56. The fraction of sp³-hybridized carbons (Fsp3) is 0.231. The standard InChI is InChI=1S/C13H13F2N3/c1-7(2)11-12(17-6-18-13(11)16)8-3-4-9(14)10(15)5-8/h3-7H,1-2H3,(H2,16,17,18). The predicted molar refractivity (Wildman–Crippen MR) is 65.9 cm³/mol. The molecule has 1 aromatic carbocycles. The van der Waals surface area contributed by atoms with E-state index in [2.05, 4.69) is 9.97 Å². The summed E-state index contributed by atoms with van der Waals surface area (Å²) in [6.45, 7) is 3.89. The SMILES string of the molecule is CC(C)c1c(N)ncnc1-c1ccc(F)c(F)c1. The van der Waals surface area contributed by atoms with Crippen LogP contribution in [-0.4, -0.2) is 9.97 Å². The second-order valence-corrected chi connectivity index (χ2v) is 4.30. The lowest BCUT2D eigenvalue weighted by molar-refractivity contribution is 0.509. The lowest BCUT2D eigenvalue weighted by Gasteiger charge is -2.13. The van der Waals surface area contributed by atoms with Crippen molar-refractivity contribution in [3.8, 4) is 11.3 Å². The molecule has 0 aliphatic heterocycles. The first-order chi connectivity index (χ1) is 8.50.